The fraction of sp³-hybridized carbons (Fsp3) is 0.409. The van der Waals surface area contributed by atoms with Crippen molar-refractivity contribution in [2.45, 2.75) is 33.7 Å². The number of likely N-dealkylation sites (tertiary alicyclic amines) is 1. The lowest BCUT2D eigenvalue weighted by atomic mass is 9.92. The van der Waals surface area contributed by atoms with Crippen LogP contribution in [0.3, 0.4) is 0 Å². The second-order valence-electron chi connectivity index (χ2n) is 8.20. The average Bonchev–Trinajstić information content (AvgIpc) is 3.00. The summed E-state index contributed by atoms with van der Waals surface area (Å²) in [4.78, 5) is 33.7. The van der Waals surface area contributed by atoms with Crippen molar-refractivity contribution < 1.29 is 9.18 Å². The first kappa shape index (κ1) is 19.8. The number of fused-ring (bicyclic) bond motifs is 1. The van der Waals surface area contributed by atoms with Crippen molar-refractivity contribution in [2.75, 3.05) is 13.1 Å². The molecule has 1 fully saturated rings. The molecule has 4 rings (SSSR count). The molecule has 0 radical (unpaired) electrons. The fourth-order valence-corrected chi connectivity index (χ4v) is 5.39. The summed E-state index contributed by atoms with van der Waals surface area (Å²) in [6.45, 7) is 7.88. The topological polar surface area (TPSA) is 55.2 Å². The highest BCUT2D eigenvalue weighted by Crippen LogP contribution is 2.30. The number of halogens is 1. The van der Waals surface area contributed by atoms with E-state index in [9.17, 15) is 14.0 Å². The van der Waals surface area contributed by atoms with Crippen LogP contribution in [0.25, 0.3) is 10.2 Å². The molecular weight excluding hydrogens is 389 g/mol. The molecule has 2 atom stereocenters. The normalized spacial score (nSPS) is 19.7. The van der Waals surface area contributed by atoms with E-state index in [2.05, 4.69) is 18.8 Å². The van der Waals surface area contributed by atoms with E-state index in [-0.39, 0.29) is 23.8 Å². The van der Waals surface area contributed by atoms with E-state index in [1.54, 1.807) is 12.1 Å². The Morgan fingerprint density at radius 2 is 2.00 bits per heavy atom. The van der Waals surface area contributed by atoms with Crippen molar-refractivity contribution in [2.24, 2.45) is 11.8 Å². The molecule has 29 heavy (non-hydrogen) atoms. The van der Waals surface area contributed by atoms with Gasteiger partial charge in [-0.25, -0.2) is 9.37 Å². The molecule has 0 spiro atoms. The summed E-state index contributed by atoms with van der Waals surface area (Å²) in [7, 11) is 0. The maximum absolute atomic E-state index is 13.5. The molecule has 1 aliphatic rings. The number of carbonyl (C=O) groups is 1. The third-order valence-corrected chi connectivity index (χ3v) is 6.70. The van der Waals surface area contributed by atoms with Gasteiger partial charge in [-0.05, 0) is 48.4 Å². The number of amides is 1. The first-order valence-corrected chi connectivity index (χ1v) is 10.7. The van der Waals surface area contributed by atoms with Gasteiger partial charge in [0.2, 0.25) is 0 Å². The molecule has 3 aromatic rings. The van der Waals surface area contributed by atoms with Gasteiger partial charge in [0.25, 0.3) is 11.5 Å². The van der Waals surface area contributed by atoms with E-state index < -0.39 is 0 Å². The van der Waals surface area contributed by atoms with E-state index in [4.69, 9.17) is 0 Å². The molecule has 1 aromatic carbocycles. The van der Waals surface area contributed by atoms with Crippen molar-refractivity contribution >= 4 is 27.5 Å². The lowest BCUT2D eigenvalue weighted by Gasteiger charge is -2.34. The summed E-state index contributed by atoms with van der Waals surface area (Å²) in [5.74, 6) is 0.590. The Morgan fingerprint density at radius 1 is 1.28 bits per heavy atom. The van der Waals surface area contributed by atoms with Crippen molar-refractivity contribution in [3.63, 3.8) is 0 Å². The van der Waals surface area contributed by atoms with Crippen LogP contribution < -0.4 is 5.56 Å². The van der Waals surface area contributed by atoms with Gasteiger partial charge in [0, 0.05) is 13.1 Å². The second-order valence-corrected chi connectivity index (χ2v) is 9.20. The lowest BCUT2D eigenvalue weighted by Crippen LogP contribution is -2.42. The number of thiophene rings is 1. The standard InChI is InChI=1S/C22H24FN3O2S/c1-13-7-14(2)10-25(9-13)22(28)19-15(3)18-20(29-19)24-12-26(21(18)27)11-16-5-4-6-17(23)8-16/h4-6,8,12-14H,7,9-11H2,1-3H3. The van der Waals surface area contributed by atoms with Gasteiger partial charge in [0.1, 0.15) is 10.6 Å². The van der Waals surface area contributed by atoms with Gasteiger partial charge in [-0.1, -0.05) is 26.0 Å². The number of aromatic nitrogens is 2. The van der Waals surface area contributed by atoms with Crippen LogP contribution in [0.4, 0.5) is 4.39 Å². The van der Waals surface area contributed by atoms with Crippen LogP contribution in [-0.4, -0.2) is 33.4 Å². The summed E-state index contributed by atoms with van der Waals surface area (Å²) in [5.41, 5.74) is 1.17. The van der Waals surface area contributed by atoms with Crippen LogP contribution >= 0.6 is 11.3 Å². The van der Waals surface area contributed by atoms with E-state index in [1.807, 2.05) is 11.8 Å². The molecule has 1 saturated heterocycles. The summed E-state index contributed by atoms with van der Waals surface area (Å²) >= 11 is 1.28. The Kier molecular flexibility index (Phi) is 5.25. The molecule has 5 nitrogen and oxygen atoms in total. The van der Waals surface area contributed by atoms with E-state index >= 15 is 0 Å². The fourth-order valence-electron chi connectivity index (χ4n) is 4.28. The Hall–Kier alpha value is -2.54. The Balaban J connectivity index is 1.69. The van der Waals surface area contributed by atoms with Crippen LogP contribution in [-0.2, 0) is 6.54 Å². The molecule has 152 valence electrons. The van der Waals surface area contributed by atoms with Crippen LogP contribution in [0.15, 0.2) is 35.4 Å². The maximum Gasteiger partial charge on any atom is 0.264 e. The van der Waals surface area contributed by atoms with Crippen LogP contribution in [0, 0.1) is 24.6 Å². The smallest absolute Gasteiger partial charge is 0.264 e. The van der Waals surface area contributed by atoms with E-state index in [0.717, 1.165) is 19.5 Å². The summed E-state index contributed by atoms with van der Waals surface area (Å²) < 4.78 is 14.9. The molecule has 1 amide bonds. The molecule has 1 aliphatic heterocycles. The third kappa shape index (κ3) is 3.83. The largest absolute Gasteiger partial charge is 0.337 e. The average molecular weight is 414 g/mol. The number of carbonyl (C=O) groups excluding carboxylic acids is 1. The Bertz CT molecular complexity index is 1130. The van der Waals surface area contributed by atoms with Gasteiger partial charge in [-0.15, -0.1) is 11.3 Å². The molecule has 7 heteroatoms. The van der Waals surface area contributed by atoms with Crippen molar-refractivity contribution in [3.8, 4) is 0 Å². The first-order valence-electron chi connectivity index (χ1n) is 9.85. The number of rotatable bonds is 3. The monoisotopic (exact) mass is 413 g/mol. The predicted molar refractivity (Wildman–Crippen MR) is 113 cm³/mol. The molecule has 0 bridgehead atoms. The van der Waals surface area contributed by atoms with Gasteiger partial charge in [-0.3, -0.25) is 14.2 Å². The molecule has 2 unspecified atom stereocenters. The molecular formula is C22H24FN3O2S. The highest BCUT2D eigenvalue weighted by atomic mass is 32.1. The summed E-state index contributed by atoms with van der Waals surface area (Å²) in [6.07, 6.45) is 2.60. The highest BCUT2D eigenvalue weighted by Gasteiger charge is 2.29. The molecule has 0 aliphatic carbocycles. The van der Waals surface area contributed by atoms with Crippen LogP contribution in [0.1, 0.15) is 41.1 Å². The molecule has 3 heterocycles. The minimum absolute atomic E-state index is 0.0139. The zero-order valence-electron chi connectivity index (χ0n) is 16.8. The number of hydrogen-bond donors (Lipinski definition) is 0. The van der Waals surface area contributed by atoms with Crippen molar-refractivity contribution in [1.29, 1.82) is 0 Å². The molecule has 0 saturated carbocycles. The molecule has 2 aromatic heterocycles. The highest BCUT2D eigenvalue weighted by molar-refractivity contribution is 7.20. The minimum Gasteiger partial charge on any atom is -0.337 e. The van der Waals surface area contributed by atoms with Gasteiger partial charge in [0.05, 0.1) is 23.1 Å². The second kappa shape index (κ2) is 7.71. The quantitative estimate of drug-likeness (QED) is 0.650. The zero-order chi connectivity index (χ0) is 20.7. The van der Waals surface area contributed by atoms with Crippen LogP contribution in [0.2, 0.25) is 0 Å². The number of aryl methyl sites for hydroxylation is 1. The number of benzene rings is 1. The zero-order valence-corrected chi connectivity index (χ0v) is 17.6. The van der Waals surface area contributed by atoms with Gasteiger partial charge >= 0.3 is 0 Å². The molecule has 0 N–H and O–H groups in total. The van der Waals surface area contributed by atoms with E-state index in [1.165, 1.54) is 34.4 Å². The summed E-state index contributed by atoms with van der Waals surface area (Å²) in [5, 5.41) is 0.482. The third-order valence-electron chi connectivity index (χ3n) is 5.51. The lowest BCUT2D eigenvalue weighted by molar-refractivity contribution is 0.0627. The van der Waals surface area contributed by atoms with Crippen LogP contribution in [0.5, 0.6) is 0 Å². The first-order chi connectivity index (χ1) is 13.8. The number of nitrogens with zero attached hydrogens (tertiary/aromatic N) is 3. The maximum atomic E-state index is 13.5. The van der Waals surface area contributed by atoms with E-state index in [0.29, 0.717) is 38.1 Å². The number of hydrogen-bond acceptors (Lipinski definition) is 4. The SMILES string of the molecule is Cc1c(C(=O)N2CC(C)CC(C)C2)sc2ncn(Cc3cccc(F)c3)c(=O)c12. The number of piperidine rings is 1. The van der Waals surface area contributed by atoms with Gasteiger partial charge in [0.15, 0.2) is 0 Å². The van der Waals surface area contributed by atoms with Gasteiger partial charge in [-0.2, -0.15) is 0 Å². The predicted octanol–water partition coefficient (Wildman–Crippen LogP) is 4.07. The Labute approximate surface area is 172 Å². The Morgan fingerprint density at radius 3 is 2.69 bits per heavy atom. The summed E-state index contributed by atoms with van der Waals surface area (Å²) in [6, 6.07) is 6.17. The minimum atomic E-state index is -0.339. The van der Waals surface area contributed by atoms with Gasteiger partial charge < -0.3 is 4.90 Å². The van der Waals surface area contributed by atoms with Crippen molar-refractivity contribution in [3.05, 3.63) is 62.8 Å². The van der Waals surface area contributed by atoms with Crippen molar-refractivity contribution in [1.82, 2.24) is 14.5 Å².